The van der Waals surface area contributed by atoms with Crippen molar-refractivity contribution in [3.8, 4) is 11.5 Å². The first kappa shape index (κ1) is 18.3. The molecule has 26 heavy (non-hydrogen) atoms. The molecule has 134 valence electrons. The molecule has 0 unspecified atom stereocenters. The summed E-state index contributed by atoms with van der Waals surface area (Å²) in [4.78, 5) is 12.2. The number of nitrogens with one attached hydrogen (secondary N) is 1. The molecule has 0 saturated heterocycles. The molecule has 0 aliphatic rings. The maximum atomic E-state index is 12.2. The van der Waals surface area contributed by atoms with Crippen LogP contribution in [0.15, 0.2) is 65.1 Å². The Labute approximate surface area is 161 Å². The number of hydrogen-bond donors (Lipinski definition) is 1. The minimum atomic E-state index is -0.173. The Morgan fingerprint density at radius 3 is 2.54 bits per heavy atom. The fourth-order valence-corrected chi connectivity index (χ4v) is 3.34. The molecule has 0 radical (unpaired) electrons. The van der Waals surface area contributed by atoms with Crippen molar-refractivity contribution in [2.45, 2.75) is 13.0 Å². The van der Waals surface area contributed by atoms with Crippen LogP contribution in [0.25, 0.3) is 10.8 Å². The van der Waals surface area contributed by atoms with Crippen molar-refractivity contribution in [2.24, 2.45) is 0 Å². The quantitative estimate of drug-likeness (QED) is 0.626. The lowest BCUT2D eigenvalue weighted by molar-refractivity contribution is -0.123. The molecule has 0 aliphatic heterocycles. The Morgan fingerprint density at radius 1 is 1.08 bits per heavy atom. The summed E-state index contributed by atoms with van der Waals surface area (Å²) in [6, 6.07) is 19.4. The Balaban J connectivity index is 1.60. The first-order valence-corrected chi connectivity index (χ1v) is 9.11. The molecule has 0 fully saturated rings. The summed E-state index contributed by atoms with van der Waals surface area (Å²) in [6.07, 6.45) is 0. The van der Waals surface area contributed by atoms with Gasteiger partial charge in [-0.2, -0.15) is 0 Å². The van der Waals surface area contributed by atoms with E-state index in [2.05, 4.69) is 21.2 Å². The molecular weight excluding hydrogens is 394 g/mol. The van der Waals surface area contributed by atoms with Gasteiger partial charge in [0.25, 0.3) is 5.91 Å². The fraction of sp³-hybridized carbons (Fsp3) is 0.190. The van der Waals surface area contributed by atoms with Crippen LogP contribution in [0.3, 0.4) is 0 Å². The van der Waals surface area contributed by atoms with Gasteiger partial charge in [0.1, 0.15) is 11.5 Å². The van der Waals surface area contributed by atoms with Crippen LogP contribution >= 0.6 is 15.9 Å². The van der Waals surface area contributed by atoms with Gasteiger partial charge in [-0.05, 0) is 57.4 Å². The fourth-order valence-electron chi connectivity index (χ4n) is 2.73. The number of carbonyl (C=O) groups excluding carboxylic acids is 1. The molecule has 0 heterocycles. The van der Waals surface area contributed by atoms with Gasteiger partial charge in [0.2, 0.25) is 0 Å². The van der Waals surface area contributed by atoms with Crippen LogP contribution in [0.5, 0.6) is 11.5 Å². The standard InChI is InChI=1S/C21H20BrNO3/c1-14(15-7-10-17(25-2)11-8-15)23-20(24)13-26-19-12-9-16-5-3-4-6-18(16)21(19)22/h3-12,14H,13H2,1-2H3,(H,23,24)/t14-/m1/s1. The lowest BCUT2D eigenvalue weighted by Gasteiger charge is -2.16. The second kappa shape index (κ2) is 8.23. The van der Waals surface area contributed by atoms with E-state index in [1.165, 1.54) is 0 Å². The molecule has 1 N–H and O–H groups in total. The van der Waals surface area contributed by atoms with E-state index in [0.717, 1.165) is 26.6 Å². The van der Waals surface area contributed by atoms with Gasteiger partial charge in [-0.15, -0.1) is 0 Å². The molecule has 3 rings (SSSR count). The third kappa shape index (κ3) is 4.17. The summed E-state index contributed by atoms with van der Waals surface area (Å²) in [6.45, 7) is 1.89. The van der Waals surface area contributed by atoms with Gasteiger partial charge in [0, 0.05) is 0 Å². The maximum absolute atomic E-state index is 12.2. The summed E-state index contributed by atoms with van der Waals surface area (Å²) < 4.78 is 11.7. The highest BCUT2D eigenvalue weighted by atomic mass is 79.9. The summed E-state index contributed by atoms with van der Waals surface area (Å²) in [5.74, 6) is 1.26. The zero-order valence-electron chi connectivity index (χ0n) is 14.7. The lowest BCUT2D eigenvalue weighted by atomic mass is 10.1. The van der Waals surface area contributed by atoms with Crippen molar-refractivity contribution in [1.82, 2.24) is 5.32 Å². The molecule has 0 aromatic heterocycles. The van der Waals surface area contributed by atoms with E-state index in [-0.39, 0.29) is 18.6 Å². The van der Waals surface area contributed by atoms with Crippen LogP contribution in [0.1, 0.15) is 18.5 Å². The van der Waals surface area contributed by atoms with Gasteiger partial charge in [-0.1, -0.05) is 42.5 Å². The van der Waals surface area contributed by atoms with Gasteiger partial charge in [0.15, 0.2) is 6.61 Å². The second-order valence-electron chi connectivity index (χ2n) is 5.95. The normalized spacial score (nSPS) is 11.8. The van der Waals surface area contributed by atoms with Gasteiger partial charge in [-0.3, -0.25) is 4.79 Å². The predicted molar refractivity (Wildman–Crippen MR) is 107 cm³/mol. The molecule has 4 nitrogen and oxygen atoms in total. The summed E-state index contributed by atoms with van der Waals surface area (Å²) in [5.41, 5.74) is 1.01. The van der Waals surface area contributed by atoms with Crippen LogP contribution in [-0.4, -0.2) is 19.6 Å². The Kier molecular flexibility index (Phi) is 5.78. The van der Waals surface area contributed by atoms with E-state index in [1.807, 2.05) is 67.6 Å². The first-order chi connectivity index (χ1) is 12.6. The first-order valence-electron chi connectivity index (χ1n) is 8.32. The molecule has 0 aliphatic carbocycles. The third-order valence-electron chi connectivity index (χ3n) is 4.18. The number of fused-ring (bicyclic) bond motifs is 1. The summed E-state index contributed by atoms with van der Waals surface area (Å²) in [7, 11) is 1.63. The highest BCUT2D eigenvalue weighted by Gasteiger charge is 2.12. The van der Waals surface area contributed by atoms with Gasteiger partial charge >= 0.3 is 0 Å². The Hall–Kier alpha value is -2.53. The van der Waals surface area contributed by atoms with E-state index in [9.17, 15) is 4.79 Å². The van der Waals surface area contributed by atoms with Crippen LogP contribution in [0.4, 0.5) is 0 Å². The molecule has 0 bridgehead atoms. The number of methoxy groups -OCH3 is 1. The molecule has 3 aromatic rings. The van der Waals surface area contributed by atoms with Crippen LogP contribution < -0.4 is 14.8 Å². The Bertz CT molecular complexity index is 909. The third-order valence-corrected chi connectivity index (χ3v) is 5.00. The predicted octanol–water partition coefficient (Wildman–Crippen LogP) is 4.87. The van der Waals surface area contributed by atoms with Crippen molar-refractivity contribution in [1.29, 1.82) is 0 Å². The van der Waals surface area contributed by atoms with Crippen LogP contribution in [0.2, 0.25) is 0 Å². The summed E-state index contributed by atoms with van der Waals surface area (Å²) >= 11 is 3.56. The number of carbonyl (C=O) groups is 1. The van der Waals surface area contributed by atoms with E-state index < -0.39 is 0 Å². The minimum absolute atomic E-state index is 0.0442. The van der Waals surface area contributed by atoms with Gasteiger partial charge in [-0.25, -0.2) is 0 Å². The van der Waals surface area contributed by atoms with Crippen molar-refractivity contribution >= 4 is 32.6 Å². The number of hydrogen-bond acceptors (Lipinski definition) is 3. The zero-order valence-corrected chi connectivity index (χ0v) is 16.2. The average molecular weight is 414 g/mol. The van der Waals surface area contributed by atoms with E-state index >= 15 is 0 Å². The summed E-state index contributed by atoms with van der Waals surface area (Å²) in [5, 5.41) is 5.11. The smallest absolute Gasteiger partial charge is 0.258 e. The maximum Gasteiger partial charge on any atom is 0.258 e. The van der Waals surface area contributed by atoms with Crippen molar-refractivity contribution < 1.29 is 14.3 Å². The van der Waals surface area contributed by atoms with E-state index in [4.69, 9.17) is 9.47 Å². The van der Waals surface area contributed by atoms with E-state index in [0.29, 0.717) is 5.75 Å². The second-order valence-corrected chi connectivity index (χ2v) is 6.74. The highest BCUT2D eigenvalue weighted by molar-refractivity contribution is 9.10. The minimum Gasteiger partial charge on any atom is -0.497 e. The monoisotopic (exact) mass is 413 g/mol. The van der Waals surface area contributed by atoms with Crippen molar-refractivity contribution in [2.75, 3.05) is 13.7 Å². The highest BCUT2D eigenvalue weighted by Crippen LogP contribution is 2.33. The topological polar surface area (TPSA) is 47.6 Å². The van der Waals surface area contributed by atoms with Crippen molar-refractivity contribution in [3.05, 3.63) is 70.7 Å². The SMILES string of the molecule is COc1ccc([C@@H](C)NC(=O)COc2ccc3ccccc3c2Br)cc1. The number of halogens is 1. The number of amides is 1. The Morgan fingerprint density at radius 2 is 1.81 bits per heavy atom. The number of benzene rings is 3. The van der Waals surface area contributed by atoms with Crippen LogP contribution in [0, 0.1) is 0 Å². The van der Waals surface area contributed by atoms with Gasteiger partial charge < -0.3 is 14.8 Å². The molecule has 1 amide bonds. The molecule has 1 atom stereocenters. The number of ether oxygens (including phenoxy) is 2. The van der Waals surface area contributed by atoms with E-state index in [1.54, 1.807) is 7.11 Å². The molecular formula is C21H20BrNO3. The van der Waals surface area contributed by atoms with Crippen LogP contribution in [-0.2, 0) is 4.79 Å². The molecule has 0 spiro atoms. The number of rotatable bonds is 6. The largest absolute Gasteiger partial charge is 0.497 e. The zero-order chi connectivity index (χ0) is 18.5. The van der Waals surface area contributed by atoms with Gasteiger partial charge in [0.05, 0.1) is 17.6 Å². The molecule has 0 saturated carbocycles. The molecule has 3 aromatic carbocycles. The lowest BCUT2D eigenvalue weighted by Crippen LogP contribution is -2.31. The average Bonchev–Trinajstić information content (AvgIpc) is 2.67. The molecule has 5 heteroatoms. The van der Waals surface area contributed by atoms with Crippen molar-refractivity contribution in [3.63, 3.8) is 0 Å².